The van der Waals surface area contributed by atoms with Crippen LogP contribution in [0.25, 0.3) is 0 Å². The summed E-state index contributed by atoms with van der Waals surface area (Å²) < 4.78 is 0. The summed E-state index contributed by atoms with van der Waals surface area (Å²) in [6.07, 6.45) is 3.67. The van der Waals surface area contributed by atoms with Crippen LogP contribution in [0.4, 0.5) is 5.69 Å². The molecular formula is C12H15N3OS. The predicted octanol–water partition coefficient (Wildman–Crippen LogP) is 2.73. The van der Waals surface area contributed by atoms with Gasteiger partial charge in [0.15, 0.2) is 5.17 Å². The molecule has 0 atom stereocenters. The first-order valence-corrected chi connectivity index (χ1v) is 6.44. The van der Waals surface area contributed by atoms with Crippen molar-refractivity contribution in [2.75, 3.05) is 17.7 Å². The van der Waals surface area contributed by atoms with E-state index in [-0.39, 0.29) is 5.75 Å². The van der Waals surface area contributed by atoms with Crippen LogP contribution in [-0.4, -0.2) is 23.1 Å². The monoisotopic (exact) mass is 249 g/mol. The Labute approximate surface area is 106 Å². The maximum Gasteiger partial charge on any atom is 0.208 e. The maximum absolute atomic E-state index is 9.53. The second kappa shape index (κ2) is 6.16. The quantitative estimate of drug-likeness (QED) is 0.497. The number of nitriles is 1. The lowest BCUT2D eigenvalue weighted by Crippen LogP contribution is -2.28. The number of phenolic OH excluding ortho intramolecular Hbond substituents is 1. The Morgan fingerprint density at radius 1 is 1.59 bits per heavy atom. The van der Waals surface area contributed by atoms with Crippen LogP contribution in [-0.2, 0) is 0 Å². The number of amidine groups is 1. The van der Waals surface area contributed by atoms with Gasteiger partial charge in [0.05, 0.1) is 0 Å². The summed E-state index contributed by atoms with van der Waals surface area (Å²) in [7, 11) is 0. The summed E-state index contributed by atoms with van der Waals surface area (Å²) in [5.41, 5.74) is 1.90. The van der Waals surface area contributed by atoms with Gasteiger partial charge in [-0.3, -0.25) is 0 Å². The molecule has 1 N–H and O–H groups in total. The second-order valence-electron chi connectivity index (χ2n) is 3.41. The third-order valence-corrected chi connectivity index (χ3v) is 3.04. The molecule has 0 fully saturated rings. The molecule has 1 aromatic carbocycles. The minimum atomic E-state index is 0.210. The molecule has 0 aliphatic carbocycles. The van der Waals surface area contributed by atoms with Crippen LogP contribution in [0.1, 0.15) is 12.5 Å². The Kier molecular flexibility index (Phi) is 4.85. The molecule has 0 saturated carbocycles. The largest absolute Gasteiger partial charge is 0.508 e. The highest BCUT2D eigenvalue weighted by Gasteiger charge is 2.14. The molecule has 0 radical (unpaired) electrons. The third kappa shape index (κ3) is 3.14. The van der Waals surface area contributed by atoms with Gasteiger partial charge in [0.25, 0.3) is 0 Å². The van der Waals surface area contributed by atoms with Gasteiger partial charge in [-0.1, -0.05) is 17.8 Å². The van der Waals surface area contributed by atoms with E-state index in [1.165, 1.54) is 11.8 Å². The van der Waals surface area contributed by atoms with Crippen molar-refractivity contribution in [1.82, 2.24) is 0 Å². The summed E-state index contributed by atoms with van der Waals surface area (Å²) in [5.74, 6) is 0.210. The fraction of sp³-hybridized carbons (Fsp3) is 0.333. The number of aryl methyl sites for hydroxylation is 1. The highest BCUT2D eigenvalue weighted by atomic mass is 32.2. The Morgan fingerprint density at radius 3 is 2.82 bits per heavy atom. The molecule has 0 heterocycles. The first-order chi connectivity index (χ1) is 8.13. The van der Waals surface area contributed by atoms with Crippen molar-refractivity contribution in [2.24, 2.45) is 4.99 Å². The third-order valence-electron chi connectivity index (χ3n) is 2.36. The van der Waals surface area contributed by atoms with Gasteiger partial charge < -0.3 is 10.0 Å². The smallest absolute Gasteiger partial charge is 0.208 e. The molecule has 1 rings (SSSR count). The molecule has 0 aliphatic heterocycles. The standard InChI is InChI=1S/C12H15N3OS/c1-4-15(12(17-3)14-8-13)11-7-10(16)6-5-9(11)2/h5-7,16H,4H2,1-3H3. The van der Waals surface area contributed by atoms with E-state index in [1.54, 1.807) is 18.3 Å². The van der Waals surface area contributed by atoms with E-state index in [1.807, 2.05) is 31.1 Å². The fourth-order valence-electron chi connectivity index (χ4n) is 1.56. The molecule has 0 spiro atoms. The number of benzene rings is 1. The molecular weight excluding hydrogens is 234 g/mol. The van der Waals surface area contributed by atoms with Crippen molar-refractivity contribution in [3.63, 3.8) is 0 Å². The highest BCUT2D eigenvalue weighted by Crippen LogP contribution is 2.26. The first-order valence-electron chi connectivity index (χ1n) is 5.22. The maximum atomic E-state index is 9.53. The number of thioether (sulfide) groups is 1. The summed E-state index contributed by atoms with van der Waals surface area (Å²) in [5, 5.41) is 18.8. The van der Waals surface area contributed by atoms with Crippen LogP contribution >= 0.6 is 11.8 Å². The second-order valence-corrected chi connectivity index (χ2v) is 4.19. The van der Waals surface area contributed by atoms with E-state index in [9.17, 15) is 5.11 Å². The lowest BCUT2D eigenvalue weighted by Gasteiger charge is -2.24. The van der Waals surface area contributed by atoms with Crippen molar-refractivity contribution < 1.29 is 5.11 Å². The Bertz CT molecular complexity index is 465. The zero-order valence-electron chi connectivity index (χ0n) is 10.1. The van der Waals surface area contributed by atoms with Gasteiger partial charge in [-0.25, -0.2) is 0 Å². The number of aliphatic imine (C=N–C) groups is 1. The normalized spacial score (nSPS) is 11.1. The molecule has 17 heavy (non-hydrogen) atoms. The van der Waals surface area contributed by atoms with Gasteiger partial charge in [-0.2, -0.15) is 5.26 Å². The Morgan fingerprint density at radius 2 is 2.29 bits per heavy atom. The fourth-order valence-corrected chi connectivity index (χ4v) is 2.14. The minimum absolute atomic E-state index is 0.210. The number of nitrogens with zero attached hydrogens (tertiary/aromatic N) is 3. The van der Waals surface area contributed by atoms with Crippen LogP contribution in [0, 0.1) is 18.4 Å². The van der Waals surface area contributed by atoms with E-state index in [4.69, 9.17) is 5.26 Å². The SMILES string of the molecule is CCN(C(=NC#N)SC)c1cc(O)ccc1C. The van der Waals surface area contributed by atoms with E-state index in [2.05, 4.69) is 4.99 Å². The van der Waals surface area contributed by atoms with Crippen LogP contribution in [0.15, 0.2) is 23.2 Å². The van der Waals surface area contributed by atoms with E-state index < -0.39 is 0 Å². The number of aromatic hydroxyl groups is 1. The number of hydrogen-bond donors (Lipinski definition) is 1. The van der Waals surface area contributed by atoms with Crippen molar-refractivity contribution in [3.05, 3.63) is 23.8 Å². The first kappa shape index (κ1) is 13.4. The zero-order chi connectivity index (χ0) is 12.8. The Hall–Kier alpha value is -1.67. The van der Waals surface area contributed by atoms with Gasteiger partial charge in [0.2, 0.25) is 6.19 Å². The van der Waals surface area contributed by atoms with Crippen molar-refractivity contribution in [2.45, 2.75) is 13.8 Å². The molecule has 0 amide bonds. The van der Waals surface area contributed by atoms with Crippen LogP contribution in [0.5, 0.6) is 5.75 Å². The van der Waals surface area contributed by atoms with Crippen molar-refractivity contribution >= 4 is 22.6 Å². The molecule has 90 valence electrons. The molecule has 0 saturated heterocycles. The number of phenols is 1. The summed E-state index contributed by atoms with van der Waals surface area (Å²) in [6, 6.07) is 5.17. The predicted molar refractivity (Wildman–Crippen MR) is 72.4 cm³/mol. The van der Waals surface area contributed by atoms with Crippen LogP contribution in [0.3, 0.4) is 0 Å². The molecule has 0 aliphatic rings. The average Bonchev–Trinajstić information content (AvgIpc) is 2.33. The van der Waals surface area contributed by atoms with Gasteiger partial charge in [0, 0.05) is 18.3 Å². The van der Waals surface area contributed by atoms with E-state index in [0.717, 1.165) is 11.3 Å². The minimum Gasteiger partial charge on any atom is -0.508 e. The number of rotatable bonds is 2. The lowest BCUT2D eigenvalue weighted by molar-refractivity contribution is 0.475. The van der Waals surface area contributed by atoms with Gasteiger partial charge >= 0.3 is 0 Å². The molecule has 0 bridgehead atoms. The number of anilines is 1. The van der Waals surface area contributed by atoms with Crippen molar-refractivity contribution in [1.29, 1.82) is 5.26 Å². The van der Waals surface area contributed by atoms with Gasteiger partial charge in [-0.05, 0) is 31.7 Å². The zero-order valence-corrected chi connectivity index (χ0v) is 11.0. The van der Waals surface area contributed by atoms with E-state index in [0.29, 0.717) is 11.7 Å². The lowest BCUT2D eigenvalue weighted by atomic mass is 10.2. The molecule has 5 heteroatoms. The summed E-state index contributed by atoms with van der Waals surface area (Å²) in [4.78, 5) is 5.70. The molecule has 1 aromatic rings. The molecule has 0 aromatic heterocycles. The van der Waals surface area contributed by atoms with Crippen LogP contribution in [0.2, 0.25) is 0 Å². The average molecular weight is 249 g/mol. The summed E-state index contributed by atoms with van der Waals surface area (Å²) >= 11 is 1.41. The number of hydrogen-bond acceptors (Lipinski definition) is 4. The van der Waals surface area contributed by atoms with Crippen LogP contribution < -0.4 is 4.90 Å². The topological polar surface area (TPSA) is 59.6 Å². The molecule has 4 nitrogen and oxygen atoms in total. The molecule has 0 unspecified atom stereocenters. The van der Waals surface area contributed by atoms with E-state index >= 15 is 0 Å². The summed E-state index contributed by atoms with van der Waals surface area (Å²) in [6.45, 7) is 4.63. The highest BCUT2D eigenvalue weighted by molar-refractivity contribution is 8.13. The Balaban J connectivity index is 3.22. The van der Waals surface area contributed by atoms with Gasteiger partial charge in [-0.15, -0.1) is 4.99 Å². The van der Waals surface area contributed by atoms with Crippen molar-refractivity contribution in [3.8, 4) is 11.9 Å². The van der Waals surface area contributed by atoms with Gasteiger partial charge in [0.1, 0.15) is 5.75 Å².